The highest BCUT2D eigenvalue weighted by Gasteiger charge is 2.30. The van der Waals surface area contributed by atoms with Gasteiger partial charge in [-0.3, -0.25) is 4.79 Å². The van der Waals surface area contributed by atoms with Crippen LogP contribution in [0, 0.1) is 0 Å². The van der Waals surface area contributed by atoms with E-state index in [4.69, 9.17) is 0 Å². The van der Waals surface area contributed by atoms with Crippen molar-refractivity contribution in [1.29, 1.82) is 0 Å². The smallest absolute Gasteiger partial charge is 0.258 e. The Balaban J connectivity index is 2.22. The van der Waals surface area contributed by atoms with Crippen molar-refractivity contribution >= 4 is 11.6 Å². The average Bonchev–Trinajstić information content (AvgIpc) is 2.50. The SMILES string of the molecule is C=C1c2ccccc2C(=O)N1CCC(C)O. The van der Waals surface area contributed by atoms with Gasteiger partial charge in [0.05, 0.1) is 6.10 Å². The van der Waals surface area contributed by atoms with Crippen LogP contribution in [0.1, 0.15) is 29.3 Å². The number of carbonyl (C=O) groups excluding carboxylic acids is 1. The van der Waals surface area contributed by atoms with Crippen molar-refractivity contribution in [3.05, 3.63) is 42.0 Å². The Bertz CT molecular complexity index is 402. The van der Waals surface area contributed by atoms with Crippen LogP contribution in [0.2, 0.25) is 0 Å². The number of fused-ring (bicyclic) bond motifs is 1. The summed E-state index contributed by atoms with van der Waals surface area (Å²) in [4.78, 5) is 13.6. The largest absolute Gasteiger partial charge is 0.393 e. The molecule has 2 rings (SSSR count). The van der Waals surface area contributed by atoms with Gasteiger partial charge in [0.2, 0.25) is 0 Å². The minimum atomic E-state index is -0.399. The molecule has 0 bridgehead atoms. The van der Waals surface area contributed by atoms with E-state index in [1.165, 1.54) is 0 Å². The summed E-state index contributed by atoms with van der Waals surface area (Å²) in [7, 11) is 0. The van der Waals surface area contributed by atoms with Gasteiger partial charge in [-0.1, -0.05) is 24.8 Å². The summed E-state index contributed by atoms with van der Waals surface area (Å²) >= 11 is 0. The molecule has 1 amide bonds. The molecule has 1 unspecified atom stereocenters. The Morgan fingerprint density at radius 3 is 2.56 bits per heavy atom. The topological polar surface area (TPSA) is 40.5 Å². The number of aliphatic hydroxyl groups excluding tert-OH is 1. The molecule has 1 aliphatic rings. The van der Waals surface area contributed by atoms with E-state index in [-0.39, 0.29) is 5.91 Å². The maximum atomic E-state index is 12.0. The van der Waals surface area contributed by atoms with Gasteiger partial charge in [-0.25, -0.2) is 0 Å². The van der Waals surface area contributed by atoms with Gasteiger partial charge in [-0.05, 0) is 19.4 Å². The fraction of sp³-hybridized carbons (Fsp3) is 0.308. The highest BCUT2D eigenvalue weighted by atomic mass is 16.3. The van der Waals surface area contributed by atoms with E-state index in [2.05, 4.69) is 6.58 Å². The van der Waals surface area contributed by atoms with Gasteiger partial charge in [0, 0.05) is 23.4 Å². The summed E-state index contributed by atoms with van der Waals surface area (Å²) in [5.74, 6) is -0.0127. The van der Waals surface area contributed by atoms with Gasteiger partial charge in [-0.15, -0.1) is 0 Å². The molecular formula is C13H15NO2. The third-order valence-corrected chi connectivity index (χ3v) is 2.81. The van der Waals surface area contributed by atoms with Crippen molar-refractivity contribution in [3.8, 4) is 0 Å². The Morgan fingerprint density at radius 2 is 2.00 bits per heavy atom. The molecule has 1 aliphatic heterocycles. The van der Waals surface area contributed by atoms with E-state index < -0.39 is 6.10 Å². The van der Waals surface area contributed by atoms with Crippen LogP contribution in [0.25, 0.3) is 5.70 Å². The Morgan fingerprint density at radius 1 is 1.38 bits per heavy atom. The number of amides is 1. The third-order valence-electron chi connectivity index (χ3n) is 2.81. The molecule has 0 saturated heterocycles. The van der Waals surface area contributed by atoms with E-state index in [1.54, 1.807) is 11.8 Å². The van der Waals surface area contributed by atoms with Crippen molar-refractivity contribution in [2.24, 2.45) is 0 Å². The van der Waals surface area contributed by atoms with Crippen LogP contribution in [0.15, 0.2) is 30.8 Å². The van der Waals surface area contributed by atoms with Crippen LogP contribution < -0.4 is 0 Å². The highest BCUT2D eigenvalue weighted by molar-refractivity contribution is 6.08. The fourth-order valence-electron chi connectivity index (χ4n) is 1.89. The standard InChI is InChI=1S/C13H15NO2/c1-9(15)7-8-14-10(2)11-5-3-4-6-12(11)13(14)16/h3-6,9,15H,2,7-8H2,1H3. The molecule has 0 saturated carbocycles. The first-order valence-electron chi connectivity index (χ1n) is 5.39. The lowest BCUT2D eigenvalue weighted by Gasteiger charge is -2.18. The van der Waals surface area contributed by atoms with E-state index in [0.717, 1.165) is 11.3 Å². The lowest BCUT2D eigenvalue weighted by atomic mass is 10.1. The van der Waals surface area contributed by atoms with E-state index in [9.17, 15) is 9.90 Å². The van der Waals surface area contributed by atoms with Crippen molar-refractivity contribution in [1.82, 2.24) is 4.90 Å². The second kappa shape index (κ2) is 4.10. The molecule has 1 aromatic rings. The fourth-order valence-corrected chi connectivity index (χ4v) is 1.89. The quantitative estimate of drug-likeness (QED) is 0.839. The monoisotopic (exact) mass is 217 g/mol. The summed E-state index contributed by atoms with van der Waals surface area (Å²) < 4.78 is 0. The van der Waals surface area contributed by atoms with Gasteiger partial charge in [0.25, 0.3) is 5.91 Å². The van der Waals surface area contributed by atoms with Gasteiger partial charge >= 0.3 is 0 Å². The number of carbonyl (C=O) groups is 1. The molecule has 84 valence electrons. The molecule has 0 aliphatic carbocycles. The van der Waals surface area contributed by atoms with Gasteiger partial charge in [0.1, 0.15) is 0 Å². The summed E-state index contributed by atoms with van der Waals surface area (Å²) in [5.41, 5.74) is 2.34. The van der Waals surface area contributed by atoms with E-state index >= 15 is 0 Å². The Kier molecular flexibility index (Phi) is 2.79. The van der Waals surface area contributed by atoms with Crippen molar-refractivity contribution < 1.29 is 9.90 Å². The summed E-state index contributed by atoms with van der Waals surface area (Å²) in [6.07, 6.45) is 0.169. The molecule has 1 atom stereocenters. The number of nitrogens with zero attached hydrogens (tertiary/aromatic N) is 1. The van der Waals surface area contributed by atoms with Crippen LogP contribution in [-0.4, -0.2) is 28.6 Å². The third kappa shape index (κ3) is 1.74. The molecule has 0 aromatic heterocycles. The number of hydrogen-bond donors (Lipinski definition) is 1. The highest BCUT2D eigenvalue weighted by Crippen LogP contribution is 2.31. The molecule has 1 heterocycles. The predicted molar refractivity (Wildman–Crippen MR) is 62.8 cm³/mol. The molecule has 0 fully saturated rings. The zero-order valence-corrected chi connectivity index (χ0v) is 9.31. The number of rotatable bonds is 3. The van der Waals surface area contributed by atoms with Crippen LogP contribution in [-0.2, 0) is 0 Å². The van der Waals surface area contributed by atoms with E-state index in [1.807, 2.05) is 24.3 Å². The van der Waals surface area contributed by atoms with Gasteiger partial charge < -0.3 is 10.0 Å². The maximum Gasteiger partial charge on any atom is 0.258 e. The Hall–Kier alpha value is -1.61. The minimum Gasteiger partial charge on any atom is -0.393 e. The second-order valence-electron chi connectivity index (χ2n) is 4.09. The summed E-state index contributed by atoms with van der Waals surface area (Å²) in [5, 5.41) is 9.23. The minimum absolute atomic E-state index is 0.0127. The molecule has 0 radical (unpaired) electrons. The summed E-state index contributed by atoms with van der Waals surface area (Å²) in [6.45, 7) is 6.17. The van der Waals surface area contributed by atoms with Crippen molar-refractivity contribution in [2.45, 2.75) is 19.4 Å². The first-order valence-corrected chi connectivity index (χ1v) is 5.39. The molecule has 3 heteroatoms. The predicted octanol–water partition coefficient (Wildman–Crippen LogP) is 1.88. The zero-order chi connectivity index (χ0) is 11.7. The molecule has 3 nitrogen and oxygen atoms in total. The zero-order valence-electron chi connectivity index (χ0n) is 9.31. The van der Waals surface area contributed by atoms with Gasteiger partial charge in [-0.2, -0.15) is 0 Å². The molecular weight excluding hydrogens is 202 g/mol. The van der Waals surface area contributed by atoms with Crippen molar-refractivity contribution in [2.75, 3.05) is 6.54 Å². The average molecular weight is 217 g/mol. The number of aliphatic hydroxyl groups is 1. The molecule has 1 N–H and O–H groups in total. The first-order chi connectivity index (χ1) is 7.61. The maximum absolute atomic E-state index is 12.0. The first kappa shape index (κ1) is 10.9. The van der Waals surface area contributed by atoms with Gasteiger partial charge in [0.15, 0.2) is 0 Å². The van der Waals surface area contributed by atoms with Crippen LogP contribution in [0.5, 0.6) is 0 Å². The van der Waals surface area contributed by atoms with Crippen LogP contribution in [0.3, 0.4) is 0 Å². The normalized spacial score (nSPS) is 16.5. The van der Waals surface area contributed by atoms with Crippen LogP contribution >= 0.6 is 0 Å². The lowest BCUT2D eigenvalue weighted by Crippen LogP contribution is -2.26. The molecule has 16 heavy (non-hydrogen) atoms. The van der Waals surface area contributed by atoms with Crippen molar-refractivity contribution in [3.63, 3.8) is 0 Å². The van der Waals surface area contributed by atoms with E-state index in [0.29, 0.717) is 18.5 Å². The number of benzene rings is 1. The van der Waals surface area contributed by atoms with Crippen LogP contribution in [0.4, 0.5) is 0 Å². The second-order valence-corrected chi connectivity index (χ2v) is 4.09. The number of hydrogen-bond acceptors (Lipinski definition) is 2. The molecule has 1 aromatic carbocycles. The summed E-state index contributed by atoms with van der Waals surface area (Å²) in [6, 6.07) is 7.46. The lowest BCUT2D eigenvalue weighted by molar-refractivity contribution is 0.0830. The molecule has 0 spiro atoms. The Labute approximate surface area is 95.0 Å².